The maximum Gasteiger partial charge on any atom is 0.241 e. The van der Waals surface area contributed by atoms with Crippen LogP contribution in [-0.4, -0.2) is 34.7 Å². The average molecular weight is 360 g/mol. The van der Waals surface area contributed by atoms with Crippen molar-refractivity contribution >= 4 is 34.5 Å². The summed E-state index contributed by atoms with van der Waals surface area (Å²) < 4.78 is 0. The predicted octanol–water partition coefficient (Wildman–Crippen LogP) is 2.77. The smallest absolute Gasteiger partial charge is 0.241 e. The van der Waals surface area contributed by atoms with Gasteiger partial charge in [0.2, 0.25) is 5.91 Å². The number of nitrogens with zero attached hydrogens (tertiary/aromatic N) is 2. The van der Waals surface area contributed by atoms with Crippen LogP contribution in [0.15, 0.2) is 54.9 Å². The number of rotatable bonds is 6. The lowest BCUT2D eigenvalue weighted by molar-refractivity contribution is -0.113. The number of hydrogen-bond acceptors (Lipinski definition) is 4. The van der Waals surface area contributed by atoms with Crippen molar-refractivity contribution in [2.45, 2.75) is 6.42 Å². The molecule has 1 aromatic carbocycles. The van der Waals surface area contributed by atoms with Crippen LogP contribution in [0.1, 0.15) is 22.3 Å². The number of fused-ring (bicyclic) bond motifs is 1. The molecular formula is C21H20N4O2. The van der Waals surface area contributed by atoms with E-state index in [2.05, 4.69) is 20.9 Å². The van der Waals surface area contributed by atoms with E-state index in [1.165, 1.54) is 6.08 Å². The highest BCUT2D eigenvalue weighted by Gasteiger charge is 2.29. The number of Topliss-reactive ketones (excluding diaryl/α,β-unsaturated/α-hetero) is 1. The molecule has 2 aromatic heterocycles. The summed E-state index contributed by atoms with van der Waals surface area (Å²) in [5.74, 6) is 0.0642. The lowest BCUT2D eigenvalue weighted by Crippen LogP contribution is -2.47. The van der Waals surface area contributed by atoms with E-state index in [9.17, 15) is 9.59 Å². The molecule has 27 heavy (non-hydrogen) atoms. The number of H-pyrrole nitrogens is 1. The van der Waals surface area contributed by atoms with Gasteiger partial charge in [0.1, 0.15) is 5.65 Å². The van der Waals surface area contributed by atoms with Crippen molar-refractivity contribution in [2.24, 2.45) is 11.7 Å². The first-order valence-electron chi connectivity index (χ1n) is 8.88. The molecular weight excluding hydrogens is 340 g/mol. The van der Waals surface area contributed by atoms with Crippen LogP contribution >= 0.6 is 0 Å². The standard InChI is InChI=1S/C21H20N4O2/c22-20(27)7-6-16-10-23-21-18(16)9-17(11-24-21)25-12-14(13-25)8-19(26)15-4-2-1-3-5-15/h1-7,9-11,14H,8,12-13H2,(H2,22,27)(H,23,24)/b7-6+. The normalized spacial score (nSPS) is 14.6. The second-order valence-corrected chi connectivity index (χ2v) is 6.83. The highest BCUT2D eigenvalue weighted by molar-refractivity contribution is 5.97. The van der Waals surface area contributed by atoms with Gasteiger partial charge in [-0.3, -0.25) is 9.59 Å². The number of ketones is 1. The number of primary amides is 1. The average Bonchev–Trinajstić information content (AvgIpc) is 3.05. The van der Waals surface area contributed by atoms with Crippen LogP contribution in [-0.2, 0) is 4.79 Å². The van der Waals surface area contributed by atoms with Crippen molar-refractivity contribution in [2.75, 3.05) is 18.0 Å². The molecule has 1 amide bonds. The first kappa shape index (κ1) is 17.0. The van der Waals surface area contributed by atoms with Crippen molar-refractivity contribution in [3.8, 4) is 0 Å². The number of hydrogen-bond donors (Lipinski definition) is 2. The summed E-state index contributed by atoms with van der Waals surface area (Å²) in [6, 6.07) is 11.5. The molecule has 1 saturated heterocycles. The highest BCUT2D eigenvalue weighted by Crippen LogP contribution is 2.30. The Morgan fingerprint density at radius 3 is 2.78 bits per heavy atom. The van der Waals surface area contributed by atoms with Crippen molar-refractivity contribution < 1.29 is 9.59 Å². The molecule has 0 bridgehead atoms. The number of benzene rings is 1. The molecule has 0 atom stereocenters. The molecule has 0 radical (unpaired) electrons. The van der Waals surface area contributed by atoms with Gasteiger partial charge in [-0.1, -0.05) is 30.3 Å². The molecule has 3 heterocycles. The fraction of sp³-hybridized carbons (Fsp3) is 0.190. The molecule has 6 nitrogen and oxygen atoms in total. The van der Waals surface area contributed by atoms with E-state index >= 15 is 0 Å². The van der Waals surface area contributed by atoms with E-state index in [1.54, 1.807) is 12.3 Å². The van der Waals surface area contributed by atoms with Crippen LogP contribution in [0.25, 0.3) is 17.1 Å². The first-order chi connectivity index (χ1) is 13.1. The second-order valence-electron chi connectivity index (χ2n) is 6.83. The molecule has 6 heteroatoms. The number of carbonyl (C=O) groups is 2. The summed E-state index contributed by atoms with van der Waals surface area (Å²) in [7, 11) is 0. The van der Waals surface area contributed by atoms with Crippen LogP contribution in [0.2, 0.25) is 0 Å². The molecule has 136 valence electrons. The highest BCUT2D eigenvalue weighted by atomic mass is 16.1. The number of nitrogens with two attached hydrogens (primary N) is 1. The van der Waals surface area contributed by atoms with E-state index in [0.29, 0.717) is 12.3 Å². The summed E-state index contributed by atoms with van der Waals surface area (Å²) in [6.07, 6.45) is 7.22. The maximum atomic E-state index is 12.3. The zero-order valence-corrected chi connectivity index (χ0v) is 14.8. The SMILES string of the molecule is NC(=O)/C=C/c1c[nH]c2ncc(N3CC(CC(=O)c4ccccc4)C3)cc12. The minimum atomic E-state index is -0.484. The zero-order chi connectivity index (χ0) is 18.8. The van der Waals surface area contributed by atoms with Crippen LogP contribution in [0.4, 0.5) is 5.69 Å². The van der Waals surface area contributed by atoms with Crippen LogP contribution in [0, 0.1) is 5.92 Å². The third kappa shape index (κ3) is 3.60. The van der Waals surface area contributed by atoms with Crippen LogP contribution in [0.5, 0.6) is 0 Å². The van der Waals surface area contributed by atoms with Crippen molar-refractivity contribution in [3.63, 3.8) is 0 Å². The zero-order valence-electron chi connectivity index (χ0n) is 14.8. The van der Waals surface area contributed by atoms with E-state index in [0.717, 1.165) is 40.9 Å². The van der Waals surface area contributed by atoms with E-state index < -0.39 is 5.91 Å². The van der Waals surface area contributed by atoms with Gasteiger partial charge in [-0.25, -0.2) is 4.98 Å². The Bertz CT molecular complexity index is 1020. The van der Waals surface area contributed by atoms with Gasteiger partial charge in [0.05, 0.1) is 11.9 Å². The van der Waals surface area contributed by atoms with Gasteiger partial charge < -0.3 is 15.6 Å². The fourth-order valence-corrected chi connectivity index (χ4v) is 3.41. The second kappa shape index (κ2) is 7.07. The van der Waals surface area contributed by atoms with Gasteiger partial charge in [-0.15, -0.1) is 0 Å². The molecule has 1 aliphatic rings. The minimum Gasteiger partial charge on any atom is -0.370 e. The topological polar surface area (TPSA) is 92.1 Å². The van der Waals surface area contributed by atoms with Crippen molar-refractivity contribution in [1.82, 2.24) is 9.97 Å². The van der Waals surface area contributed by atoms with Gasteiger partial charge in [0.15, 0.2) is 5.78 Å². The number of amides is 1. The molecule has 3 aromatic rings. The third-order valence-corrected chi connectivity index (χ3v) is 4.87. The summed E-state index contributed by atoms with van der Waals surface area (Å²) in [4.78, 5) is 33.0. The summed E-state index contributed by atoms with van der Waals surface area (Å²) in [6.45, 7) is 1.67. The van der Waals surface area contributed by atoms with Crippen molar-refractivity contribution in [3.05, 3.63) is 66.0 Å². The maximum absolute atomic E-state index is 12.3. The molecule has 0 spiro atoms. The molecule has 0 aliphatic carbocycles. The Morgan fingerprint density at radius 2 is 2.04 bits per heavy atom. The lowest BCUT2D eigenvalue weighted by atomic mass is 9.91. The molecule has 0 saturated carbocycles. The van der Waals surface area contributed by atoms with Gasteiger partial charge >= 0.3 is 0 Å². The van der Waals surface area contributed by atoms with Crippen LogP contribution < -0.4 is 10.6 Å². The fourth-order valence-electron chi connectivity index (χ4n) is 3.41. The number of carbonyl (C=O) groups excluding carboxylic acids is 2. The monoisotopic (exact) mass is 360 g/mol. The molecule has 1 fully saturated rings. The Hall–Kier alpha value is -3.41. The minimum absolute atomic E-state index is 0.193. The number of anilines is 1. The van der Waals surface area contributed by atoms with Gasteiger partial charge in [-0.05, 0) is 12.1 Å². The molecule has 3 N–H and O–H groups in total. The van der Waals surface area contributed by atoms with E-state index in [1.807, 2.05) is 36.5 Å². The quantitative estimate of drug-likeness (QED) is 0.522. The number of aromatic nitrogens is 2. The van der Waals surface area contributed by atoms with E-state index in [-0.39, 0.29) is 5.78 Å². The Labute approximate surface area is 156 Å². The van der Waals surface area contributed by atoms with Crippen molar-refractivity contribution in [1.29, 1.82) is 0 Å². The summed E-state index contributed by atoms with van der Waals surface area (Å²) >= 11 is 0. The Morgan fingerprint density at radius 1 is 1.26 bits per heavy atom. The third-order valence-electron chi connectivity index (χ3n) is 4.87. The largest absolute Gasteiger partial charge is 0.370 e. The summed E-state index contributed by atoms with van der Waals surface area (Å²) in [5.41, 5.74) is 8.59. The molecule has 1 aliphatic heterocycles. The first-order valence-corrected chi connectivity index (χ1v) is 8.88. The molecule has 0 unspecified atom stereocenters. The number of pyridine rings is 1. The van der Waals surface area contributed by atoms with Gasteiger partial charge in [0.25, 0.3) is 0 Å². The summed E-state index contributed by atoms with van der Waals surface area (Å²) in [5, 5.41) is 0.939. The van der Waals surface area contributed by atoms with Gasteiger partial charge in [-0.2, -0.15) is 0 Å². The van der Waals surface area contributed by atoms with Gasteiger partial charge in [0, 0.05) is 54.2 Å². The predicted molar refractivity (Wildman–Crippen MR) is 105 cm³/mol. The number of aromatic amines is 1. The lowest BCUT2D eigenvalue weighted by Gasteiger charge is -2.40. The molecule has 4 rings (SSSR count). The Kier molecular flexibility index (Phi) is 4.46. The number of nitrogens with one attached hydrogen (secondary N) is 1. The Balaban J connectivity index is 1.43. The van der Waals surface area contributed by atoms with E-state index in [4.69, 9.17) is 5.73 Å². The van der Waals surface area contributed by atoms with Crippen LogP contribution in [0.3, 0.4) is 0 Å².